The molecular formula is C12H15NO4. The predicted molar refractivity (Wildman–Crippen MR) is 61.3 cm³/mol. The number of carbonyl (C=O) groups is 2. The number of ether oxygens (including phenoxy) is 1. The van der Waals surface area contributed by atoms with Crippen molar-refractivity contribution in [1.29, 1.82) is 0 Å². The molecule has 5 heteroatoms. The van der Waals surface area contributed by atoms with Gasteiger partial charge in [0, 0.05) is 6.54 Å². The van der Waals surface area contributed by atoms with Gasteiger partial charge >= 0.3 is 11.9 Å². The number of aliphatic carboxylic acids is 1. The topological polar surface area (TPSA) is 75.6 Å². The molecule has 0 amide bonds. The summed E-state index contributed by atoms with van der Waals surface area (Å²) < 4.78 is 4.54. The average Bonchev–Trinajstić information content (AvgIpc) is 2.34. The van der Waals surface area contributed by atoms with Gasteiger partial charge in [0.1, 0.15) is 6.04 Å². The summed E-state index contributed by atoms with van der Waals surface area (Å²) in [4.78, 5) is 21.9. The summed E-state index contributed by atoms with van der Waals surface area (Å²) in [5, 5.41) is 11.5. The fraction of sp³-hybridized carbons (Fsp3) is 0.333. The van der Waals surface area contributed by atoms with Crippen molar-refractivity contribution in [3.05, 3.63) is 35.9 Å². The van der Waals surface area contributed by atoms with Crippen LogP contribution in [0, 0.1) is 0 Å². The van der Waals surface area contributed by atoms with Crippen LogP contribution in [0.5, 0.6) is 0 Å². The van der Waals surface area contributed by atoms with Crippen molar-refractivity contribution < 1.29 is 19.4 Å². The van der Waals surface area contributed by atoms with Gasteiger partial charge in [-0.05, 0) is 5.56 Å². The summed E-state index contributed by atoms with van der Waals surface area (Å²) in [5.41, 5.74) is 0.979. The van der Waals surface area contributed by atoms with Crippen LogP contribution in [0.15, 0.2) is 30.3 Å². The molecular weight excluding hydrogens is 222 g/mol. The van der Waals surface area contributed by atoms with Gasteiger partial charge in [-0.15, -0.1) is 0 Å². The van der Waals surface area contributed by atoms with Gasteiger partial charge in [0.15, 0.2) is 0 Å². The van der Waals surface area contributed by atoms with Crippen LogP contribution in [0.4, 0.5) is 0 Å². The highest BCUT2D eigenvalue weighted by Gasteiger charge is 2.21. The third-order valence-corrected chi connectivity index (χ3v) is 2.26. The first kappa shape index (κ1) is 13.2. The molecule has 0 bridgehead atoms. The monoisotopic (exact) mass is 237 g/mol. The normalized spacial score (nSPS) is 11.8. The van der Waals surface area contributed by atoms with Gasteiger partial charge in [0.05, 0.1) is 13.5 Å². The third-order valence-electron chi connectivity index (χ3n) is 2.26. The first-order chi connectivity index (χ1) is 8.13. The van der Waals surface area contributed by atoms with Gasteiger partial charge in [0.2, 0.25) is 0 Å². The van der Waals surface area contributed by atoms with Crippen LogP contribution in [-0.2, 0) is 20.9 Å². The van der Waals surface area contributed by atoms with Crippen molar-refractivity contribution in [3.8, 4) is 0 Å². The zero-order valence-electron chi connectivity index (χ0n) is 9.55. The van der Waals surface area contributed by atoms with Gasteiger partial charge in [0.25, 0.3) is 0 Å². The predicted octanol–water partition coefficient (Wildman–Crippen LogP) is 0.792. The number of carboxylic acid groups (broad SMARTS) is 1. The van der Waals surface area contributed by atoms with E-state index in [2.05, 4.69) is 10.1 Å². The van der Waals surface area contributed by atoms with Crippen molar-refractivity contribution in [2.75, 3.05) is 7.11 Å². The molecule has 0 spiro atoms. The summed E-state index contributed by atoms with van der Waals surface area (Å²) in [5.74, 6) is -1.61. The molecule has 5 nitrogen and oxygen atoms in total. The van der Waals surface area contributed by atoms with Crippen LogP contribution in [0.2, 0.25) is 0 Å². The molecule has 0 saturated heterocycles. The molecule has 1 rings (SSSR count). The maximum absolute atomic E-state index is 11.3. The number of esters is 1. The largest absolute Gasteiger partial charge is 0.481 e. The SMILES string of the molecule is COC(=O)[C@@H](CC(=O)O)NCc1ccccc1. The van der Waals surface area contributed by atoms with Crippen LogP contribution < -0.4 is 5.32 Å². The number of nitrogens with one attached hydrogen (secondary N) is 1. The van der Waals surface area contributed by atoms with Gasteiger partial charge < -0.3 is 9.84 Å². The number of methoxy groups -OCH3 is 1. The molecule has 1 aromatic rings. The van der Waals surface area contributed by atoms with E-state index in [0.717, 1.165) is 5.56 Å². The van der Waals surface area contributed by atoms with Crippen molar-refractivity contribution in [2.45, 2.75) is 19.0 Å². The Hall–Kier alpha value is -1.88. The number of benzene rings is 1. The van der Waals surface area contributed by atoms with E-state index in [-0.39, 0.29) is 6.42 Å². The van der Waals surface area contributed by atoms with Crippen molar-refractivity contribution in [1.82, 2.24) is 5.32 Å². The zero-order valence-corrected chi connectivity index (χ0v) is 9.55. The summed E-state index contributed by atoms with van der Waals surface area (Å²) >= 11 is 0. The molecule has 1 atom stereocenters. The van der Waals surface area contributed by atoms with E-state index in [1.165, 1.54) is 7.11 Å². The summed E-state index contributed by atoms with van der Waals surface area (Å²) in [7, 11) is 1.24. The second-order valence-corrected chi connectivity index (χ2v) is 3.54. The summed E-state index contributed by atoms with van der Waals surface area (Å²) in [6, 6.07) is 8.60. The lowest BCUT2D eigenvalue weighted by Crippen LogP contribution is -2.38. The standard InChI is InChI=1S/C12H15NO4/c1-17-12(16)10(7-11(14)15)13-8-9-5-3-2-4-6-9/h2-6,10,13H,7-8H2,1H3,(H,14,15)/t10-/m1/s1. The Labute approximate surface area is 99.4 Å². The molecule has 0 aliphatic heterocycles. The lowest BCUT2D eigenvalue weighted by molar-refractivity contribution is -0.148. The highest BCUT2D eigenvalue weighted by Crippen LogP contribution is 2.01. The first-order valence-electron chi connectivity index (χ1n) is 5.20. The molecule has 0 unspecified atom stereocenters. The van der Waals surface area contributed by atoms with Crippen LogP contribution in [0.1, 0.15) is 12.0 Å². The maximum atomic E-state index is 11.3. The maximum Gasteiger partial charge on any atom is 0.323 e. The summed E-state index contributed by atoms with van der Waals surface area (Å²) in [6.45, 7) is 0.424. The second-order valence-electron chi connectivity index (χ2n) is 3.54. The van der Waals surface area contributed by atoms with E-state index in [1.54, 1.807) is 0 Å². The number of carbonyl (C=O) groups excluding carboxylic acids is 1. The molecule has 0 heterocycles. The van der Waals surface area contributed by atoms with Crippen LogP contribution >= 0.6 is 0 Å². The Morgan fingerprint density at radius 3 is 2.53 bits per heavy atom. The Bertz CT molecular complexity index is 377. The molecule has 2 N–H and O–H groups in total. The number of rotatable bonds is 6. The van der Waals surface area contributed by atoms with Crippen molar-refractivity contribution in [3.63, 3.8) is 0 Å². The highest BCUT2D eigenvalue weighted by atomic mass is 16.5. The second kappa shape index (κ2) is 6.65. The molecule has 0 fully saturated rings. The average molecular weight is 237 g/mol. The Morgan fingerprint density at radius 2 is 2.00 bits per heavy atom. The minimum absolute atomic E-state index is 0.292. The third kappa shape index (κ3) is 4.65. The summed E-state index contributed by atoms with van der Waals surface area (Å²) in [6.07, 6.45) is -0.292. The highest BCUT2D eigenvalue weighted by molar-refractivity contribution is 5.81. The van der Waals surface area contributed by atoms with Gasteiger partial charge in [-0.25, -0.2) is 0 Å². The Balaban J connectivity index is 2.55. The minimum Gasteiger partial charge on any atom is -0.481 e. The number of carboxylic acids is 1. The van der Waals surface area contributed by atoms with E-state index >= 15 is 0 Å². The lowest BCUT2D eigenvalue weighted by atomic mass is 10.1. The van der Waals surface area contributed by atoms with E-state index < -0.39 is 18.0 Å². The molecule has 17 heavy (non-hydrogen) atoms. The Kier molecular flexibility index (Phi) is 5.16. The van der Waals surface area contributed by atoms with Gasteiger partial charge in [-0.1, -0.05) is 30.3 Å². The van der Waals surface area contributed by atoms with Gasteiger partial charge in [-0.3, -0.25) is 14.9 Å². The molecule has 0 saturated carbocycles. The minimum atomic E-state index is -1.04. The van der Waals surface area contributed by atoms with E-state index in [9.17, 15) is 9.59 Å². The molecule has 92 valence electrons. The van der Waals surface area contributed by atoms with Gasteiger partial charge in [-0.2, -0.15) is 0 Å². The fourth-order valence-electron chi connectivity index (χ4n) is 1.39. The molecule has 0 radical (unpaired) electrons. The zero-order chi connectivity index (χ0) is 12.7. The quantitative estimate of drug-likeness (QED) is 0.715. The lowest BCUT2D eigenvalue weighted by Gasteiger charge is -2.14. The number of hydrogen-bond donors (Lipinski definition) is 2. The van der Waals surface area contributed by atoms with E-state index in [4.69, 9.17) is 5.11 Å². The van der Waals surface area contributed by atoms with Crippen molar-refractivity contribution in [2.24, 2.45) is 0 Å². The van der Waals surface area contributed by atoms with Crippen LogP contribution in [0.25, 0.3) is 0 Å². The number of hydrogen-bond acceptors (Lipinski definition) is 4. The molecule has 0 aliphatic rings. The molecule has 0 aliphatic carbocycles. The molecule has 1 aromatic carbocycles. The van der Waals surface area contributed by atoms with Crippen molar-refractivity contribution >= 4 is 11.9 Å². The van der Waals surface area contributed by atoms with Crippen LogP contribution in [-0.4, -0.2) is 30.2 Å². The Morgan fingerprint density at radius 1 is 1.35 bits per heavy atom. The fourth-order valence-corrected chi connectivity index (χ4v) is 1.39. The van der Waals surface area contributed by atoms with Crippen LogP contribution in [0.3, 0.4) is 0 Å². The first-order valence-corrected chi connectivity index (χ1v) is 5.20. The molecule has 0 aromatic heterocycles. The van der Waals surface area contributed by atoms with E-state index in [1.807, 2.05) is 30.3 Å². The van der Waals surface area contributed by atoms with E-state index in [0.29, 0.717) is 6.54 Å². The smallest absolute Gasteiger partial charge is 0.323 e.